The molecule has 0 bridgehead atoms. The minimum atomic E-state index is -0.915. The summed E-state index contributed by atoms with van der Waals surface area (Å²) >= 11 is 1.59. The second-order valence-corrected chi connectivity index (χ2v) is 6.36. The van der Waals surface area contributed by atoms with Crippen LogP contribution in [0.25, 0.3) is 0 Å². The van der Waals surface area contributed by atoms with Crippen molar-refractivity contribution in [3.8, 4) is 0 Å². The zero-order chi connectivity index (χ0) is 14.4. The first-order chi connectivity index (χ1) is 9.68. The second kappa shape index (κ2) is 7.57. The van der Waals surface area contributed by atoms with Crippen LogP contribution >= 0.6 is 11.8 Å². The van der Waals surface area contributed by atoms with Crippen molar-refractivity contribution in [2.24, 2.45) is 0 Å². The molecular formula is C14H22N2O3S. The van der Waals surface area contributed by atoms with Crippen molar-refractivity contribution < 1.29 is 14.7 Å². The number of carbonyl (C=O) groups excluding carboxylic acids is 1. The summed E-state index contributed by atoms with van der Waals surface area (Å²) in [6.07, 6.45) is 7.94. The minimum absolute atomic E-state index is 0.242. The third-order valence-corrected chi connectivity index (χ3v) is 4.80. The van der Waals surface area contributed by atoms with Crippen LogP contribution in [0.3, 0.4) is 0 Å². The number of rotatable bonds is 4. The molecule has 1 saturated heterocycles. The summed E-state index contributed by atoms with van der Waals surface area (Å²) in [6.45, 7) is 1.11. The van der Waals surface area contributed by atoms with E-state index in [2.05, 4.69) is 11.4 Å². The molecule has 5 nitrogen and oxygen atoms in total. The molecule has 1 aliphatic carbocycles. The van der Waals surface area contributed by atoms with Crippen molar-refractivity contribution in [3.63, 3.8) is 0 Å². The average Bonchev–Trinajstić information content (AvgIpc) is 2.48. The fourth-order valence-electron chi connectivity index (χ4n) is 2.61. The molecule has 112 valence electrons. The van der Waals surface area contributed by atoms with Crippen LogP contribution < -0.4 is 5.32 Å². The molecule has 1 aliphatic heterocycles. The summed E-state index contributed by atoms with van der Waals surface area (Å²) in [5.74, 6) is 0.373. The van der Waals surface area contributed by atoms with Gasteiger partial charge in [-0.15, -0.1) is 0 Å². The molecule has 1 atom stereocenters. The van der Waals surface area contributed by atoms with Gasteiger partial charge in [0.25, 0.3) is 0 Å². The summed E-state index contributed by atoms with van der Waals surface area (Å²) in [5, 5.41) is 12.0. The lowest BCUT2D eigenvalue weighted by atomic mass is 9.97. The van der Waals surface area contributed by atoms with Crippen molar-refractivity contribution in [1.29, 1.82) is 0 Å². The van der Waals surface area contributed by atoms with E-state index in [9.17, 15) is 9.59 Å². The number of thioether (sulfide) groups is 1. The van der Waals surface area contributed by atoms with Crippen LogP contribution in [-0.4, -0.2) is 52.6 Å². The number of nitrogens with zero attached hydrogens (tertiary/aromatic N) is 1. The Morgan fingerprint density at radius 1 is 1.45 bits per heavy atom. The van der Waals surface area contributed by atoms with E-state index in [0.29, 0.717) is 18.8 Å². The molecule has 0 radical (unpaired) electrons. The number of carbonyl (C=O) groups is 2. The predicted octanol–water partition coefficient (Wildman–Crippen LogP) is 2.09. The maximum absolute atomic E-state index is 12.1. The highest BCUT2D eigenvalue weighted by atomic mass is 32.2. The number of hydrogen-bond donors (Lipinski definition) is 2. The van der Waals surface area contributed by atoms with E-state index in [4.69, 9.17) is 5.11 Å². The van der Waals surface area contributed by atoms with Gasteiger partial charge in [-0.1, -0.05) is 11.6 Å². The first-order valence-electron chi connectivity index (χ1n) is 7.21. The smallest absolute Gasteiger partial charge is 0.327 e. The van der Waals surface area contributed by atoms with Crippen LogP contribution in [0.5, 0.6) is 0 Å². The number of aliphatic carboxylic acids is 1. The van der Waals surface area contributed by atoms with E-state index in [1.165, 1.54) is 23.3 Å². The van der Waals surface area contributed by atoms with Gasteiger partial charge < -0.3 is 15.3 Å². The molecule has 0 aromatic carbocycles. The lowest BCUT2D eigenvalue weighted by molar-refractivity contribution is -0.141. The monoisotopic (exact) mass is 298 g/mol. The van der Waals surface area contributed by atoms with Gasteiger partial charge in [-0.2, -0.15) is 11.8 Å². The summed E-state index contributed by atoms with van der Waals surface area (Å²) in [4.78, 5) is 24.7. The van der Waals surface area contributed by atoms with Crippen LogP contribution in [0.1, 0.15) is 32.1 Å². The van der Waals surface area contributed by atoms with Gasteiger partial charge >= 0.3 is 12.0 Å². The largest absolute Gasteiger partial charge is 0.480 e. The average molecular weight is 298 g/mol. The molecule has 20 heavy (non-hydrogen) atoms. The maximum Gasteiger partial charge on any atom is 0.327 e. The van der Waals surface area contributed by atoms with Gasteiger partial charge in [0.1, 0.15) is 6.04 Å². The van der Waals surface area contributed by atoms with E-state index in [0.717, 1.165) is 25.0 Å². The van der Waals surface area contributed by atoms with Gasteiger partial charge in [-0.25, -0.2) is 9.59 Å². The predicted molar refractivity (Wildman–Crippen MR) is 80.0 cm³/mol. The Labute approximate surface area is 123 Å². The quantitative estimate of drug-likeness (QED) is 0.780. The molecule has 0 aromatic rings. The van der Waals surface area contributed by atoms with Gasteiger partial charge in [-0.05, 0) is 32.1 Å². The van der Waals surface area contributed by atoms with Crippen LogP contribution in [-0.2, 0) is 4.79 Å². The molecule has 2 aliphatic rings. The molecule has 2 amide bonds. The zero-order valence-corrected chi connectivity index (χ0v) is 12.5. The maximum atomic E-state index is 12.1. The van der Waals surface area contributed by atoms with Crippen LogP contribution in [0.15, 0.2) is 11.6 Å². The van der Waals surface area contributed by atoms with Gasteiger partial charge in [0, 0.05) is 24.6 Å². The standard InChI is InChI=1S/C14H22N2O3S/c17-13(18)12-10-20-9-8-16(12)14(19)15-7-6-11-4-2-1-3-5-11/h4,12H,1-3,5-10H2,(H,15,19)(H,17,18). The van der Waals surface area contributed by atoms with Gasteiger partial charge in [0.05, 0.1) is 0 Å². The molecule has 0 saturated carbocycles. The number of amides is 2. The molecule has 6 heteroatoms. The highest BCUT2D eigenvalue weighted by molar-refractivity contribution is 7.99. The molecule has 2 N–H and O–H groups in total. The molecule has 1 heterocycles. The van der Waals surface area contributed by atoms with Gasteiger partial charge in [0.2, 0.25) is 0 Å². The van der Waals surface area contributed by atoms with Gasteiger partial charge in [-0.3, -0.25) is 0 Å². The lowest BCUT2D eigenvalue weighted by Crippen LogP contribution is -2.53. The number of carboxylic acid groups (broad SMARTS) is 1. The van der Waals surface area contributed by atoms with E-state index < -0.39 is 12.0 Å². The number of urea groups is 1. The van der Waals surface area contributed by atoms with Crippen molar-refractivity contribution in [3.05, 3.63) is 11.6 Å². The Morgan fingerprint density at radius 2 is 2.30 bits per heavy atom. The molecule has 1 fully saturated rings. The number of carboxylic acids is 1. The fraction of sp³-hybridized carbons (Fsp3) is 0.714. The molecule has 2 rings (SSSR count). The Balaban J connectivity index is 1.78. The first-order valence-corrected chi connectivity index (χ1v) is 8.37. The van der Waals surface area contributed by atoms with Crippen molar-refractivity contribution >= 4 is 23.8 Å². The summed E-state index contributed by atoms with van der Waals surface area (Å²) in [6, 6.07) is -0.934. The SMILES string of the molecule is O=C(O)C1CSCCN1C(=O)NCCC1=CCCCC1. The normalized spacial score (nSPS) is 23.1. The lowest BCUT2D eigenvalue weighted by Gasteiger charge is -2.32. The highest BCUT2D eigenvalue weighted by Gasteiger charge is 2.32. The Bertz CT molecular complexity index is 398. The molecule has 1 unspecified atom stereocenters. The van der Waals surface area contributed by atoms with E-state index in [1.807, 2.05) is 0 Å². The third kappa shape index (κ3) is 4.16. The molecular weight excluding hydrogens is 276 g/mol. The van der Waals surface area contributed by atoms with Crippen molar-refractivity contribution in [2.45, 2.75) is 38.1 Å². The third-order valence-electron chi connectivity index (χ3n) is 3.78. The topological polar surface area (TPSA) is 69.6 Å². The summed E-state index contributed by atoms with van der Waals surface area (Å²) in [5.41, 5.74) is 1.42. The second-order valence-electron chi connectivity index (χ2n) is 5.21. The van der Waals surface area contributed by atoms with Gasteiger partial charge in [0.15, 0.2) is 0 Å². The number of allylic oxidation sites excluding steroid dienone is 1. The number of hydrogen-bond acceptors (Lipinski definition) is 3. The summed E-state index contributed by atoms with van der Waals surface area (Å²) in [7, 11) is 0. The minimum Gasteiger partial charge on any atom is -0.480 e. The van der Waals surface area contributed by atoms with Crippen molar-refractivity contribution in [1.82, 2.24) is 10.2 Å². The Hall–Kier alpha value is -1.17. The zero-order valence-electron chi connectivity index (χ0n) is 11.6. The van der Waals surface area contributed by atoms with Crippen LogP contribution in [0.4, 0.5) is 4.79 Å². The Kier molecular flexibility index (Phi) is 5.76. The van der Waals surface area contributed by atoms with Crippen LogP contribution in [0, 0.1) is 0 Å². The van der Waals surface area contributed by atoms with E-state index in [-0.39, 0.29) is 6.03 Å². The Morgan fingerprint density at radius 3 is 3.00 bits per heavy atom. The molecule has 0 aromatic heterocycles. The highest BCUT2D eigenvalue weighted by Crippen LogP contribution is 2.20. The number of nitrogens with one attached hydrogen (secondary N) is 1. The van der Waals surface area contributed by atoms with E-state index in [1.54, 1.807) is 11.8 Å². The van der Waals surface area contributed by atoms with E-state index >= 15 is 0 Å². The molecule has 0 spiro atoms. The van der Waals surface area contributed by atoms with Crippen molar-refractivity contribution in [2.75, 3.05) is 24.6 Å². The first kappa shape index (κ1) is 15.2. The summed E-state index contributed by atoms with van der Waals surface area (Å²) < 4.78 is 0. The van der Waals surface area contributed by atoms with Crippen LogP contribution in [0.2, 0.25) is 0 Å². The fourth-order valence-corrected chi connectivity index (χ4v) is 3.65.